The molecule has 1 aliphatic heterocycles. The van der Waals surface area contributed by atoms with Crippen LogP contribution < -0.4 is 0 Å². The minimum absolute atomic E-state index is 0.329. The number of ether oxygens (including phenoxy) is 1. The van der Waals surface area contributed by atoms with Crippen molar-refractivity contribution in [2.75, 3.05) is 13.2 Å². The molecule has 1 saturated carbocycles. The molecule has 1 heterocycles. The molecule has 88 valence electrons. The number of rotatable bonds is 1. The zero-order valence-electron chi connectivity index (χ0n) is 8.64. The van der Waals surface area contributed by atoms with Gasteiger partial charge in [-0.15, -0.1) is 0 Å². The summed E-state index contributed by atoms with van der Waals surface area (Å²) in [5, 5.41) is 48.4. The summed E-state index contributed by atoms with van der Waals surface area (Å²) >= 11 is 0. The molecule has 0 amide bonds. The molecule has 0 spiro atoms. The van der Waals surface area contributed by atoms with Gasteiger partial charge in [0.2, 0.25) is 5.79 Å². The molecule has 4 atom stereocenters. The van der Waals surface area contributed by atoms with E-state index >= 15 is 0 Å². The van der Waals surface area contributed by atoms with E-state index in [-0.39, 0.29) is 6.61 Å². The molecular formula is C9H16O6. The lowest BCUT2D eigenvalue weighted by Crippen LogP contribution is -2.62. The van der Waals surface area contributed by atoms with Gasteiger partial charge in [0.25, 0.3) is 0 Å². The van der Waals surface area contributed by atoms with E-state index in [9.17, 15) is 20.4 Å². The summed E-state index contributed by atoms with van der Waals surface area (Å²) in [6, 6.07) is 0. The third-order valence-electron chi connectivity index (χ3n) is 4.14. The lowest BCUT2D eigenvalue weighted by Gasteiger charge is -2.39. The highest BCUT2D eigenvalue weighted by molar-refractivity contribution is 5.37. The summed E-state index contributed by atoms with van der Waals surface area (Å²) in [7, 11) is 0. The fraction of sp³-hybridized carbons (Fsp3) is 1.00. The van der Waals surface area contributed by atoms with E-state index in [1.54, 1.807) is 13.8 Å². The SMILES string of the molecule is CC1(C)[C@]2(O)[C@H](O)[C@@](O)(CO)OC[C@]12O. The first-order valence-corrected chi connectivity index (χ1v) is 4.77. The number of aliphatic hydroxyl groups is 5. The van der Waals surface area contributed by atoms with E-state index in [1.807, 2.05) is 0 Å². The minimum atomic E-state index is -2.21. The molecule has 1 saturated heterocycles. The van der Waals surface area contributed by atoms with Crippen LogP contribution in [-0.2, 0) is 4.74 Å². The summed E-state index contributed by atoms with van der Waals surface area (Å²) in [6.07, 6.45) is -1.75. The average Bonchev–Trinajstić information content (AvgIpc) is 2.54. The van der Waals surface area contributed by atoms with Crippen LogP contribution in [0.25, 0.3) is 0 Å². The van der Waals surface area contributed by atoms with Gasteiger partial charge in [-0.25, -0.2) is 0 Å². The molecule has 1 aliphatic carbocycles. The standard InChI is InChI=1S/C9H16O6/c1-6(2)8(13)4-15-7(12,3-10)5(11)9(6,8)14/h5,10-14H,3-4H2,1-2H3/t5-,7-,8+,9-/m1/s1. The van der Waals surface area contributed by atoms with Gasteiger partial charge in [0.05, 0.1) is 13.2 Å². The van der Waals surface area contributed by atoms with Crippen molar-refractivity contribution in [1.29, 1.82) is 0 Å². The van der Waals surface area contributed by atoms with Crippen LogP contribution in [0.15, 0.2) is 0 Å². The van der Waals surface area contributed by atoms with Gasteiger partial charge >= 0.3 is 0 Å². The van der Waals surface area contributed by atoms with Crippen molar-refractivity contribution >= 4 is 0 Å². The average molecular weight is 220 g/mol. The molecule has 6 nitrogen and oxygen atoms in total. The van der Waals surface area contributed by atoms with Crippen molar-refractivity contribution in [1.82, 2.24) is 0 Å². The Morgan fingerprint density at radius 1 is 1.27 bits per heavy atom. The highest BCUT2D eigenvalue weighted by Crippen LogP contribution is 2.69. The molecule has 2 fully saturated rings. The second-order valence-electron chi connectivity index (χ2n) is 4.95. The first-order chi connectivity index (χ1) is 6.67. The highest BCUT2D eigenvalue weighted by atomic mass is 16.7. The van der Waals surface area contributed by atoms with Crippen molar-refractivity contribution in [2.24, 2.45) is 5.41 Å². The van der Waals surface area contributed by atoms with Crippen LogP contribution >= 0.6 is 0 Å². The van der Waals surface area contributed by atoms with Gasteiger partial charge < -0.3 is 30.3 Å². The molecular weight excluding hydrogens is 204 g/mol. The van der Waals surface area contributed by atoms with Crippen molar-refractivity contribution in [3.63, 3.8) is 0 Å². The van der Waals surface area contributed by atoms with E-state index < -0.39 is 35.1 Å². The van der Waals surface area contributed by atoms with Crippen LogP contribution in [0.4, 0.5) is 0 Å². The number of hydrogen-bond donors (Lipinski definition) is 5. The molecule has 0 aromatic carbocycles. The zero-order valence-corrected chi connectivity index (χ0v) is 8.64. The quantitative estimate of drug-likeness (QED) is 0.336. The fourth-order valence-corrected chi connectivity index (χ4v) is 2.58. The number of aliphatic hydroxyl groups excluding tert-OH is 2. The molecule has 2 rings (SSSR count). The third-order valence-corrected chi connectivity index (χ3v) is 4.14. The summed E-state index contributed by atoms with van der Waals surface area (Å²) in [5.74, 6) is -2.21. The summed E-state index contributed by atoms with van der Waals surface area (Å²) in [6.45, 7) is 1.94. The number of fused-ring (bicyclic) bond motifs is 1. The predicted octanol–water partition coefficient (Wildman–Crippen LogP) is -2.44. The number of hydrogen-bond acceptors (Lipinski definition) is 6. The zero-order chi connectivity index (χ0) is 11.7. The van der Waals surface area contributed by atoms with Crippen LogP contribution in [-0.4, -0.2) is 61.8 Å². The summed E-state index contributed by atoms with van der Waals surface area (Å²) in [5.41, 5.74) is -4.42. The molecule has 0 bridgehead atoms. The predicted molar refractivity (Wildman–Crippen MR) is 47.7 cm³/mol. The maximum absolute atomic E-state index is 10.1. The molecule has 6 heteroatoms. The normalized spacial score (nSPS) is 57.4. The minimum Gasteiger partial charge on any atom is -0.391 e. The molecule has 0 unspecified atom stereocenters. The smallest absolute Gasteiger partial charge is 0.219 e. The van der Waals surface area contributed by atoms with Crippen molar-refractivity contribution in [3.05, 3.63) is 0 Å². The van der Waals surface area contributed by atoms with E-state index in [0.717, 1.165) is 0 Å². The van der Waals surface area contributed by atoms with Gasteiger partial charge in [0.1, 0.15) is 17.3 Å². The molecule has 15 heavy (non-hydrogen) atoms. The summed E-state index contributed by atoms with van der Waals surface area (Å²) in [4.78, 5) is 0. The second kappa shape index (κ2) is 2.53. The van der Waals surface area contributed by atoms with Crippen LogP contribution in [0.3, 0.4) is 0 Å². The Labute approximate surface area is 86.7 Å². The van der Waals surface area contributed by atoms with Gasteiger partial charge in [0.15, 0.2) is 0 Å². The fourth-order valence-electron chi connectivity index (χ4n) is 2.58. The Balaban J connectivity index is 2.39. The van der Waals surface area contributed by atoms with Crippen LogP contribution in [0.1, 0.15) is 13.8 Å². The lowest BCUT2D eigenvalue weighted by atomic mass is 9.94. The summed E-state index contributed by atoms with van der Waals surface area (Å²) < 4.78 is 4.83. The maximum Gasteiger partial charge on any atom is 0.219 e. The van der Waals surface area contributed by atoms with Gasteiger partial charge in [0, 0.05) is 5.41 Å². The largest absolute Gasteiger partial charge is 0.391 e. The second-order valence-corrected chi connectivity index (χ2v) is 4.95. The molecule has 0 aromatic heterocycles. The van der Waals surface area contributed by atoms with Gasteiger partial charge in [-0.2, -0.15) is 0 Å². The third kappa shape index (κ3) is 0.870. The first kappa shape index (κ1) is 11.3. The van der Waals surface area contributed by atoms with E-state index in [1.165, 1.54) is 0 Å². The monoisotopic (exact) mass is 220 g/mol. The Morgan fingerprint density at radius 2 is 1.80 bits per heavy atom. The van der Waals surface area contributed by atoms with E-state index in [4.69, 9.17) is 9.84 Å². The lowest BCUT2D eigenvalue weighted by molar-refractivity contribution is -0.331. The van der Waals surface area contributed by atoms with Gasteiger partial charge in [-0.05, 0) is 0 Å². The molecule has 2 aliphatic rings. The molecule has 0 radical (unpaired) electrons. The van der Waals surface area contributed by atoms with Crippen LogP contribution in [0.2, 0.25) is 0 Å². The Bertz CT molecular complexity index is 305. The molecule has 5 N–H and O–H groups in total. The van der Waals surface area contributed by atoms with Crippen LogP contribution in [0.5, 0.6) is 0 Å². The van der Waals surface area contributed by atoms with E-state index in [2.05, 4.69) is 0 Å². The Hall–Kier alpha value is -0.240. The van der Waals surface area contributed by atoms with Gasteiger partial charge in [-0.3, -0.25) is 0 Å². The van der Waals surface area contributed by atoms with E-state index in [0.29, 0.717) is 0 Å². The Morgan fingerprint density at radius 3 is 2.27 bits per heavy atom. The first-order valence-electron chi connectivity index (χ1n) is 4.77. The topological polar surface area (TPSA) is 110 Å². The van der Waals surface area contributed by atoms with Crippen molar-refractivity contribution in [2.45, 2.75) is 36.9 Å². The Kier molecular flexibility index (Phi) is 1.90. The highest BCUT2D eigenvalue weighted by Gasteiger charge is 2.89. The van der Waals surface area contributed by atoms with Crippen molar-refractivity contribution in [3.8, 4) is 0 Å². The van der Waals surface area contributed by atoms with Gasteiger partial charge in [-0.1, -0.05) is 13.8 Å². The van der Waals surface area contributed by atoms with Crippen LogP contribution in [0, 0.1) is 5.41 Å². The van der Waals surface area contributed by atoms with Crippen molar-refractivity contribution < 1.29 is 30.3 Å². The maximum atomic E-state index is 10.1. The molecule has 0 aromatic rings.